The minimum atomic E-state index is -3.33. The first-order valence-corrected chi connectivity index (χ1v) is 11.4. The molecular weight excluding hydrogens is 354 g/mol. The van der Waals surface area contributed by atoms with Crippen LogP contribution < -0.4 is 5.32 Å². The molecule has 3 rings (SSSR count). The lowest BCUT2D eigenvalue weighted by molar-refractivity contribution is -0.138. The lowest BCUT2D eigenvalue weighted by Crippen LogP contribution is -2.49. The van der Waals surface area contributed by atoms with Crippen LogP contribution in [0.4, 0.5) is 0 Å². The second-order valence-electron chi connectivity index (χ2n) is 8.69. The summed E-state index contributed by atoms with van der Waals surface area (Å²) < 4.78 is 25.8. The molecular formula is C18H31N3O4S. The highest BCUT2D eigenvalue weighted by Crippen LogP contribution is 2.62. The van der Waals surface area contributed by atoms with E-state index in [1.54, 1.807) is 7.05 Å². The summed E-state index contributed by atoms with van der Waals surface area (Å²) in [5, 5.41) is 2.78. The number of carbonyl (C=O) groups excluding carboxylic acids is 2. The van der Waals surface area contributed by atoms with Gasteiger partial charge in [-0.3, -0.25) is 9.59 Å². The molecule has 2 amide bonds. The Morgan fingerprint density at radius 2 is 1.73 bits per heavy atom. The monoisotopic (exact) mass is 385 g/mol. The number of sulfonamides is 1. The smallest absolute Gasteiger partial charge is 0.227 e. The van der Waals surface area contributed by atoms with Crippen LogP contribution in [0.5, 0.6) is 0 Å². The van der Waals surface area contributed by atoms with Gasteiger partial charge in [0.2, 0.25) is 21.8 Å². The molecule has 0 aromatic heterocycles. The van der Waals surface area contributed by atoms with Crippen molar-refractivity contribution in [3.63, 3.8) is 0 Å². The van der Waals surface area contributed by atoms with Gasteiger partial charge in [0, 0.05) is 39.1 Å². The van der Waals surface area contributed by atoms with Gasteiger partial charge in [0.1, 0.15) is 0 Å². The first-order chi connectivity index (χ1) is 12.1. The van der Waals surface area contributed by atoms with Gasteiger partial charge in [-0.15, -0.1) is 0 Å². The van der Waals surface area contributed by atoms with Crippen molar-refractivity contribution in [1.29, 1.82) is 0 Å². The number of likely N-dealkylation sites (tertiary alicyclic amines) is 1. The third-order valence-corrected chi connectivity index (χ3v) is 8.25. The predicted molar refractivity (Wildman–Crippen MR) is 98.7 cm³/mol. The second kappa shape index (κ2) is 6.48. The van der Waals surface area contributed by atoms with Gasteiger partial charge in [-0.25, -0.2) is 12.7 Å². The fourth-order valence-electron chi connectivity index (χ4n) is 5.53. The zero-order valence-electron chi connectivity index (χ0n) is 16.2. The minimum absolute atomic E-state index is 0.00945. The molecule has 2 atom stereocenters. The SMILES string of the molecule is CNC(=O)[C@]12CCC3(CCN(C(=O)C(C)C)CC3)[C@H]1CN(S(C)(=O)=O)C2. The lowest BCUT2D eigenvalue weighted by atomic mass is 9.65. The quantitative estimate of drug-likeness (QED) is 0.774. The maximum atomic E-state index is 12.8. The molecule has 148 valence electrons. The van der Waals surface area contributed by atoms with Crippen molar-refractivity contribution in [2.45, 2.75) is 39.5 Å². The predicted octanol–water partition coefficient (Wildman–Crippen LogP) is 0.669. The van der Waals surface area contributed by atoms with Gasteiger partial charge in [0.15, 0.2) is 0 Å². The summed E-state index contributed by atoms with van der Waals surface area (Å²) in [7, 11) is -1.70. The molecule has 26 heavy (non-hydrogen) atoms. The minimum Gasteiger partial charge on any atom is -0.359 e. The first-order valence-electron chi connectivity index (χ1n) is 9.52. The summed E-state index contributed by atoms with van der Waals surface area (Å²) in [6, 6.07) is 0. The molecule has 0 aromatic rings. The van der Waals surface area contributed by atoms with E-state index in [0.717, 1.165) is 25.7 Å². The molecule has 3 fully saturated rings. The number of nitrogens with zero attached hydrogens (tertiary/aromatic N) is 2. The van der Waals surface area contributed by atoms with Crippen molar-refractivity contribution >= 4 is 21.8 Å². The first kappa shape index (κ1) is 19.6. The average molecular weight is 386 g/mol. The highest BCUT2D eigenvalue weighted by molar-refractivity contribution is 7.88. The fourth-order valence-corrected chi connectivity index (χ4v) is 6.41. The standard InChI is InChI=1S/C18H31N3O4S/c1-13(2)15(22)20-9-7-17(8-10-20)5-6-18(16(23)19-3)12-21(11-14(17)18)26(4,24)25/h13-14H,5-12H2,1-4H3,(H,19,23)/t14-,18+/m1/s1. The Labute approximate surface area is 156 Å². The molecule has 2 aliphatic heterocycles. The molecule has 0 radical (unpaired) electrons. The van der Waals surface area contributed by atoms with E-state index in [2.05, 4.69) is 5.32 Å². The second-order valence-corrected chi connectivity index (χ2v) is 10.7. The molecule has 2 saturated heterocycles. The fraction of sp³-hybridized carbons (Fsp3) is 0.889. The molecule has 7 nitrogen and oxygen atoms in total. The summed E-state index contributed by atoms with van der Waals surface area (Å²) in [6.07, 6.45) is 4.59. The molecule has 0 bridgehead atoms. The lowest BCUT2D eigenvalue weighted by Gasteiger charge is -2.44. The number of hydrogen-bond acceptors (Lipinski definition) is 4. The van der Waals surface area contributed by atoms with Crippen molar-refractivity contribution in [3.8, 4) is 0 Å². The Morgan fingerprint density at radius 3 is 2.23 bits per heavy atom. The van der Waals surface area contributed by atoms with E-state index in [1.165, 1.54) is 10.6 Å². The van der Waals surface area contributed by atoms with Crippen LogP contribution >= 0.6 is 0 Å². The Bertz CT molecular complexity index is 697. The molecule has 0 unspecified atom stereocenters. The van der Waals surface area contributed by atoms with Gasteiger partial charge in [-0.2, -0.15) is 0 Å². The van der Waals surface area contributed by atoms with E-state index in [1.807, 2.05) is 18.7 Å². The topological polar surface area (TPSA) is 86.8 Å². The summed E-state index contributed by atoms with van der Waals surface area (Å²) in [5.41, 5.74) is -0.665. The van der Waals surface area contributed by atoms with Crippen LogP contribution in [0.15, 0.2) is 0 Å². The van der Waals surface area contributed by atoms with Crippen molar-refractivity contribution < 1.29 is 18.0 Å². The van der Waals surface area contributed by atoms with Crippen LogP contribution in [0.3, 0.4) is 0 Å². The highest BCUT2D eigenvalue weighted by Gasteiger charge is 2.65. The highest BCUT2D eigenvalue weighted by atomic mass is 32.2. The van der Waals surface area contributed by atoms with Crippen LogP contribution in [0.1, 0.15) is 39.5 Å². The Morgan fingerprint density at radius 1 is 1.12 bits per heavy atom. The maximum absolute atomic E-state index is 12.8. The van der Waals surface area contributed by atoms with Gasteiger partial charge < -0.3 is 10.2 Å². The number of carbonyl (C=O) groups is 2. The van der Waals surface area contributed by atoms with Crippen LogP contribution in [0.25, 0.3) is 0 Å². The molecule has 1 aliphatic carbocycles. The van der Waals surface area contributed by atoms with Crippen LogP contribution in [-0.4, -0.2) is 68.9 Å². The molecule has 2 heterocycles. The molecule has 0 aromatic carbocycles. The van der Waals surface area contributed by atoms with Gasteiger partial charge >= 0.3 is 0 Å². The average Bonchev–Trinajstić information content (AvgIpc) is 3.12. The van der Waals surface area contributed by atoms with Crippen molar-refractivity contribution in [2.75, 3.05) is 39.5 Å². The number of piperidine rings is 1. The Hall–Kier alpha value is -1.15. The molecule has 1 saturated carbocycles. The van der Waals surface area contributed by atoms with E-state index >= 15 is 0 Å². The number of rotatable bonds is 3. The Balaban J connectivity index is 1.85. The van der Waals surface area contributed by atoms with Crippen molar-refractivity contribution in [3.05, 3.63) is 0 Å². The normalized spacial score (nSPS) is 31.4. The van der Waals surface area contributed by atoms with Gasteiger partial charge in [-0.1, -0.05) is 13.8 Å². The zero-order chi connectivity index (χ0) is 19.3. The molecule has 3 aliphatic rings. The van der Waals surface area contributed by atoms with Crippen LogP contribution in [-0.2, 0) is 19.6 Å². The molecule has 1 N–H and O–H groups in total. The number of amides is 2. The Kier molecular flexibility index (Phi) is 4.88. The summed E-state index contributed by atoms with van der Waals surface area (Å²) in [5.74, 6) is 0.163. The van der Waals surface area contributed by atoms with E-state index in [0.29, 0.717) is 19.6 Å². The number of hydrogen-bond donors (Lipinski definition) is 1. The van der Waals surface area contributed by atoms with Gasteiger partial charge in [0.25, 0.3) is 0 Å². The maximum Gasteiger partial charge on any atom is 0.227 e. The summed E-state index contributed by atoms with van der Waals surface area (Å²) in [6.45, 7) is 5.95. The van der Waals surface area contributed by atoms with E-state index in [-0.39, 0.29) is 35.6 Å². The third-order valence-electron chi connectivity index (χ3n) is 7.03. The summed E-state index contributed by atoms with van der Waals surface area (Å²) >= 11 is 0. The van der Waals surface area contributed by atoms with Gasteiger partial charge in [-0.05, 0) is 37.0 Å². The van der Waals surface area contributed by atoms with Crippen LogP contribution in [0, 0.1) is 22.7 Å². The summed E-state index contributed by atoms with van der Waals surface area (Å²) in [4.78, 5) is 27.0. The van der Waals surface area contributed by atoms with E-state index in [4.69, 9.17) is 0 Å². The zero-order valence-corrected chi connectivity index (χ0v) is 17.1. The van der Waals surface area contributed by atoms with Crippen LogP contribution in [0.2, 0.25) is 0 Å². The van der Waals surface area contributed by atoms with Crippen molar-refractivity contribution in [2.24, 2.45) is 22.7 Å². The molecule has 1 spiro atoms. The van der Waals surface area contributed by atoms with E-state index in [9.17, 15) is 18.0 Å². The molecule has 8 heteroatoms. The van der Waals surface area contributed by atoms with Gasteiger partial charge in [0.05, 0.1) is 11.7 Å². The third kappa shape index (κ3) is 2.95. The number of fused-ring (bicyclic) bond motifs is 2. The van der Waals surface area contributed by atoms with Crippen molar-refractivity contribution in [1.82, 2.24) is 14.5 Å². The van der Waals surface area contributed by atoms with E-state index < -0.39 is 15.4 Å². The number of nitrogens with one attached hydrogen (secondary N) is 1. The largest absolute Gasteiger partial charge is 0.359 e.